The number of carbonyl (C=O) groups is 1. The molecule has 3 heteroatoms. The number of hydrogen-bond acceptors (Lipinski definition) is 2. The van der Waals surface area contributed by atoms with Crippen molar-refractivity contribution in [2.45, 2.75) is 59.0 Å². The van der Waals surface area contributed by atoms with Gasteiger partial charge in [-0.1, -0.05) is 6.92 Å². The topological polar surface area (TPSA) is 23.6 Å². The largest absolute Gasteiger partial charge is 0.339 e. The molecule has 0 saturated heterocycles. The van der Waals surface area contributed by atoms with E-state index in [4.69, 9.17) is 0 Å². The lowest BCUT2D eigenvalue weighted by atomic mass is 9.98. The fourth-order valence-electron chi connectivity index (χ4n) is 1.50. The predicted molar refractivity (Wildman–Crippen MR) is 69.5 cm³/mol. The van der Waals surface area contributed by atoms with Crippen molar-refractivity contribution in [3.63, 3.8) is 0 Å². The zero-order valence-electron chi connectivity index (χ0n) is 12.2. The molecular weight excluding hydrogens is 200 g/mol. The van der Waals surface area contributed by atoms with Gasteiger partial charge in [0.2, 0.25) is 5.91 Å². The van der Waals surface area contributed by atoms with E-state index in [2.05, 4.69) is 46.6 Å². The van der Waals surface area contributed by atoms with Gasteiger partial charge in [0.1, 0.15) is 0 Å². The van der Waals surface area contributed by atoms with Crippen molar-refractivity contribution in [1.82, 2.24) is 9.80 Å². The highest BCUT2D eigenvalue weighted by Crippen LogP contribution is 2.19. The molecule has 0 heterocycles. The average molecular weight is 228 g/mol. The van der Waals surface area contributed by atoms with Crippen molar-refractivity contribution >= 4 is 5.91 Å². The Morgan fingerprint density at radius 3 is 1.81 bits per heavy atom. The number of hydrogen-bond donors (Lipinski definition) is 0. The molecule has 0 spiro atoms. The lowest BCUT2D eigenvalue weighted by Gasteiger charge is -2.43. The van der Waals surface area contributed by atoms with Crippen LogP contribution >= 0.6 is 0 Å². The van der Waals surface area contributed by atoms with E-state index < -0.39 is 0 Å². The summed E-state index contributed by atoms with van der Waals surface area (Å²) in [6.45, 7) is 13.6. The maximum absolute atomic E-state index is 11.7. The van der Waals surface area contributed by atoms with Crippen LogP contribution in [0.5, 0.6) is 0 Å². The Balaban J connectivity index is 4.63. The minimum atomic E-state index is -0.130. The highest BCUT2D eigenvalue weighted by molar-refractivity contribution is 5.76. The van der Waals surface area contributed by atoms with Crippen LogP contribution in [0, 0.1) is 0 Å². The van der Waals surface area contributed by atoms with E-state index in [1.807, 2.05) is 18.9 Å². The van der Waals surface area contributed by atoms with Gasteiger partial charge in [0, 0.05) is 31.1 Å². The predicted octanol–water partition coefficient (Wildman–Crippen LogP) is 2.36. The van der Waals surface area contributed by atoms with E-state index in [0.717, 1.165) is 6.54 Å². The Morgan fingerprint density at radius 2 is 1.50 bits per heavy atom. The molecule has 0 aromatic carbocycles. The summed E-state index contributed by atoms with van der Waals surface area (Å²) in [5.41, 5.74) is 0.00248. The van der Waals surface area contributed by atoms with Crippen LogP contribution in [-0.2, 0) is 4.79 Å². The van der Waals surface area contributed by atoms with Gasteiger partial charge in [-0.05, 0) is 41.7 Å². The molecule has 0 aromatic heterocycles. The second-order valence-electron chi connectivity index (χ2n) is 6.15. The molecule has 0 unspecified atom stereocenters. The van der Waals surface area contributed by atoms with E-state index >= 15 is 0 Å². The Bertz CT molecular complexity index is 241. The Labute approximate surface area is 101 Å². The minimum absolute atomic E-state index is 0.130. The molecular formula is C13H28N2O. The van der Waals surface area contributed by atoms with Crippen LogP contribution < -0.4 is 0 Å². The van der Waals surface area contributed by atoms with Crippen molar-refractivity contribution < 1.29 is 4.79 Å². The van der Waals surface area contributed by atoms with E-state index in [9.17, 15) is 4.79 Å². The monoisotopic (exact) mass is 228 g/mol. The van der Waals surface area contributed by atoms with Crippen LogP contribution in [-0.4, -0.2) is 47.4 Å². The molecule has 0 N–H and O–H groups in total. The summed E-state index contributed by atoms with van der Waals surface area (Å²) >= 11 is 0. The van der Waals surface area contributed by atoms with Gasteiger partial charge in [-0.15, -0.1) is 0 Å². The summed E-state index contributed by atoms with van der Waals surface area (Å²) in [4.78, 5) is 15.8. The quantitative estimate of drug-likeness (QED) is 0.737. The molecule has 0 bridgehead atoms. The summed E-state index contributed by atoms with van der Waals surface area (Å²) in [5.74, 6) is 0.201. The highest BCUT2D eigenvalue weighted by Gasteiger charge is 2.31. The second kappa shape index (κ2) is 5.17. The third kappa shape index (κ3) is 4.12. The maximum atomic E-state index is 11.7. The van der Waals surface area contributed by atoms with Gasteiger partial charge < -0.3 is 4.90 Å². The Morgan fingerprint density at radius 1 is 1.06 bits per heavy atom. The van der Waals surface area contributed by atoms with E-state index in [-0.39, 0.29) is 17.0 Å². The van der Waals surface area contributed by atoms with Crippen LogP contribution in [0.15, 0.2) is 0 Å². The van der Waals surface area contributed by atoms with Crippen molar-refractivity contribution in [3.05, 3.63) is 0 Å². The molecule has 0 saturated carbocycles. The molecule has 0 aliphatic rings. The van der Waals surface area contributed by atoms with Gasteiger partial charge in [-0.25, -0.2) is 0 Å². The highest BCUT2D eigenvalue weighted by atomic mass is 16.2. The third-order valence-electron chi connectivity index (χ3n) is 3.35. The second-order valence-corrected chi connectivity index (χ2v) is 6.15. The molecule has 96 valence electrons. The van der Waals surface area contributed by atoms with Crippen LogP contribution in [0.3, 0.4) is 0 Å². The SMILES string of the molecule is CCC(=O)N(C)C(C)(C)CN(C)C(C)(C)C. The third-order valence-corrected chi connectivity index (χ3v) is 3.35. The van der Waals surface area contributed by atoms with Gasteiger partial charge in [-0.2, -0.15) is 0 Å². The van der Waals surface area contributed by atoms with Crippen molar-refractivity contribution in [3.8, 4) is 0 Å². The van der Waals surface area contributed by atoms with Crippen LogP contribution in [0.4, 0.5) is 0 Å². The maximum Gasteiger partial charge on any atom is 0.222 e. The normalized spacial score (nSPS) is 13.1. The average Bonchev–Trinajstić information content (AvgIpc) is 2.13. The van der Waals surface area contributed by atoms with Crippen LogP contribution in [0.1, 0.15) is 48.0 Å². The van der Waals surface area contributed by atoms with E-state index in [0.29, 0.717) is 6.42 Å². The fourth-order valence-corrected chi connectivity index (χ4v) is 1.50. The smallest absolute Gasteiger partial charge is 0.222 e. The molecule has 0 fully saturated rings. The Kier molecular flexibility index (Phi) is 4.99. The summed E-state index contributed by atoms with van der Waals surface area (Å²) in [7, 11) is 3.99. The summed E-state index contributed by atoms with van der Waals surface area (Å²) in [6.07, 6.45) is 0.569. The molecule has 0 atom stereocenters. The van der Waals surface area contributed by atoms with Crippen molar-refractivity contribution in [2.24, 2.45) is 0 Å². The first kappa shape index (κ1) is 15.4. The molecule has 0 aromatic rings. The number of nitrogens with zero attached hydrogens (tertiary/aromatic N) is 2. The van der Waals surface area contributed by atoms with Crippen molar-refractivity contribution in [1.29, 1.82) is 0 Å². The first-order valence-electron chi connectivity index (χ1n) is 6.00. The van der Waals surface area contributed by atoms with Gasteiger partial charge in [0.05, 0.1) is 0 Å². The molecule has 0 radical (unpaired) electrons. The number of rotatable bonds is 4. The molecule has 3 nitrogen and oxygen atoms in total. The summed E-state index contributed by atoms with van der Waals surface area (Å²) in [6, 6.07) is 0. The van der Waals surface area contributed by atoms with Crippen molar-refractivity contribution in [2.75, 3.05) is 20.6 Å². The van der Waals surface area contributed by atoms with E-state index in [1.165, 1.54) is 0 Å². The first-order chi connectivity index (χ1) is 7.02. The first-order valence-corrected chi connectivity index (χ1v) is 6.00. The number of likely N-dealkylation sites (N-methyl/N-ethyl adjacent to an activating group) is 2. The summed E-state index contributed by atoms with van der Waals surface area (Å²) < 4.78 is 0. The van der Waals surface area contributed by atoms with Gasteiger partial charge >= 0.3 is 0 Å². The zero-order chi connectivity index (χ0) is 13.1. The molecule has 0 aliphatic heterocycles. The van der Waals surface area contributed by atoms with Crippen LogP contribution in [0.25, 0.3) is 0 Å². The standard InChI is InChI=1S/C13H28N2O/c1-9-11(16)15(8)13(5,6)10-14(7)12(2,3)4/h9-10H2,1-8H3. The Hall–Kier alpha value is -0.570. The summed E-state index contributed by atoms with van der Waals surface area (Å²) in [5, 5.41) is 0. The van der Waals surface area contributed by atoms with Gasteiger partial charge in [-0.3, -0.25) is 9.69 Å². The number of carbonyl (C=O) groups excluding carboxylic acids is 1. The van der Waals surface area contributed by atoms with Gasteiger partial charge in [0.25, 0.3) is 0 Å². The molecule has 1 amide bonds. The fraction of sp³-hybridized carbons (Fsp3) is 0.923. The lowest BCUT2D eigenvalue weighted by molar-refractivity contribution is -0.135. The minimum Gasteiger partial charge on any atom is -0.339 e. The number of amides is 1. The molecule has 0 aliphatic carbocycles. The van der Waals surface area contributed by atoms with E-state index in [1.54, 1.807) is 0 Å². The molecule has 0 rings (SSSR count). The molecule has 16 heavy (non-hydrogen) atoms. The lowest BCUT2D eigenvalue weighted by Crippen LogP contribution is -2.54. The van der Waals surface area contributed by atoms with Gasteiger partial charge in [0.15, 0.2) is 0 Å². The van der Waals surface area contributed by atoms with Crippen LogP contribution in [0.2, 0.25) is 0 Å². The zero-order valence-corrected chi connectivity index (χ0v) is 12.2.